The molecule has 6 nitrogen and oxygen atoms in total. The van der Waals surface area contributed by atoms with E-state index < -0.39 is 15.9 Å². The van der Waals surface area contributed by atoms with Gasteiger partial charge in [-0.2, -0.15) is 5.26 Å². The standard InChI is InChI=1S/C19H18N2O4S/c20-11-14-4-6-15(7-5-14)13-26(23,24)21-19(22)12-25-18-9-8-16-2-1-3-17(16)10-18/h4-10H,1-3,12-13H2,(H,21,22). The fourth-order valence-electron chi connectivity index (χ4n) is 2.92. The van der Waals surface area contributed by atoms with E-state index in [1.807, 2.05) is 22.9 Å². The summed E-state index contributed by atoms with van der Waals surface area (Å²) in [5.41, 5.74) is 3.45. The molecule has 0 aliphatic heterocycles. The lowest BCUT2D eigenvalue weighted by atomic mass is 10.1. The van der Waals surface area contributed by atoms with Crippen LogP contribution in [0.25, 0.3) is 0 Å². The molecule has 0 saturated carbocycles. The zero-order valence-corrected chi connectivity index (χ0v) is 14.9. The second kappa shape index (κ2) is 7.58. The minimum absolute atomic E-state index is 0.344. The molecule has 1 amide bonds. The summed E-state index contributed by atoms with van der Waals surface area (Å²) in [4.78, 5) is 11.9. The van der Waals surface area contributed by atoms with Crippen molar-refractivity contribution in [3.05, 3.63) is 64.7 Å². The van der Waals surface area contributed by atoms with Crippen LogP contribution in [-0.2, 0) is 33.4 Å². The van der Waals surface area contributed by atoms with E-state index in [1.54, 1.807) is 18.2 Å². The molecule has 2 aromatic carbocycles. The van der Waals surface area contributed by atoms with Crippen LogP contribution in [0.1, 0.15) is 28.7 Å². The average molecular weight is 370 g/mol. The molecule has 26 heavy (non-hydrogen) atoms. The summed E-state index contributed by atoms with van der Waals surface area (Å²) in [6.07, 6.45) is 3.17. The van der Waals surface area contributed by atoms with Crippen LogP contribution in [0.15, 0.2) is 42.5 Å². The molecule has 1 aliphatic rings. The maximum Gasteiger partial charge on any atom is 0.271 e. The molecule has 0 bridgehead atoms. The Balaban J connectivity index is 1.54. The van der Waals surface area contributed by atoms with E-state index in [9.17, 15) is 13.2 Å². The number of ether oxygens (including phenoxy) is 1. The number of fused-ring (bicyclic) bond motifs is 1. The fourth-order valence-corrected chi connectivity index (χ4v) is 4.03. The minimum Gasteiger partial charge on any atom is -0.484 e. The highest BCUT2D eigenvalue weighted by atomic mass is 32.2. The van der Waals surface area contributed by atoms with Gasteiger partial charge in [0, 0.05) is 0 Å². The molecule has 0 saturated heterocycles. The van der Waals surface area contributed by atoms with Crippen LogP contribution >= 0.6 is 0 Å². The van der Waals surface area contributed by atoms with Gasteiger partial charge in [-0.3, -0.25) is 4.79 Å². The molecule has 7 heteroatoms. The normalized spacial score (nSPS) is 12.9. The molecular formula is C19H18N2O4S. The predicted octanol–water partition coefficient (Wildman–Crippen LogP) is 2.07. The van der Waals surface area contributed by atoms with E-state index in [4.69, 9.17) is 10.00 Å². The molecule has 3 rings (SSSR count). The molecule has 2 aromatic rings. The first-order chi connectivity index (χ1) is 12.4. The molecule has 134 valence electrons. The first kappa shape index (κ1) is 18.0. The molecule has 1 aliphatic carbocycles. The lowest BCUT2D eigenvalue weighted by molar-refractivity contribution is -0.121. The molecular weight excluding hydrogens is 352 g/mol. The minimum atomic E-state index is -3.83. The third kappa shape index (κ3) is 4.61. The van der Waals surface area contributed by atoms with E-state index in [1.165, 1.54) is 23.3 Å². The van der Waals surface area contributed by atoms with Crippen molar-refractivity contribution >= 4 is 15.9 Å². The van der Waals surface area contributed by atoms with Crippen molar-refractivity contribution in [2.45, 2.75) is 25.0 Å². The van der Waals surface area contributed by atoms with E-state index >= 15 is 0 Å². The predicted molar refractivity (Wildman–Crippen MR) is 95.9 cm³/mol. The highest BCUT2D eigenvalue weighted by Gasteiger charge is 2.17. The number of carbonyl (C=O) groups excluding carboxylic acids is 1. The highest BCUT2D eigenvalue weighted by molar-refractivity contribution is 7.89. The van der Waals surface area contributed by atoms with Gasteiger partial charge in [0.1, 0.15) is 5.75 Å². The zero-order chi connectivity index (χ0) is 18.6. The number of nitrogens with zero attached hydrogens (tertiary/aromatic N) is 1. The Bertz CT molecular complexity index is 960. The number of carbonyl (C=O) groups is 1. The third-order valence-corrected chi connectivity index (χ3v) is 5.40. The Kier molecular flexibility index (Phi) is 5.24. The maximum atomic E-state index is 12.1. The van der Waals surface area contributed by atoms with Gasteiger partial charge in [-0.05, 0) is 60.2 Å². The second-order valence-electron chi connectivity index (χ2n) is 6.17. The molecule has 1 N–H and O–H groups in total. The molecule has 0 unspecified atom stereocenters. The number of amides is 1. The summed E-state index contributed by atoms with van der Waals surface area (Å²) >= 11 is 0. The smallest absolute Gasteiger partial charge is 0.271 e. The van der Waals surface area contributed by atoms with Gasteiger partial charge >= 0.3 is 0 Å². The topological polar surface area (TPSA) is 96.3 Å². The van der Waals surface area contributed by atoms with Crippen LogP contribution in [0.2, 0.25) is 0 Å². The van der Waals surface area contributed by atoms with Gasteiger partial charge in [-0.1, -0.05) is 18.2 Å². The number of hydrogen-bond donors (Lipinski definition) is 1. The van der Waals surface area contributed by atoms with Crippen LogP contribution in [0.5, 0.6) is 5.75 Å². The Morgan fingerprint density at radius 3 is 2.58 bits per heavy atom. The van der Waals surface area contributed by atoms with E-state index in [0.717, 1.165) is 19.3 Å². The molecule has 0 radical (unpaired) electrons. The highest BCUT2D eigenvalue weighted by Crippen LogP contribution is 2.25. The first-order valence-electron chi connectivity index (χ1n) is 8.22. The molecule has 0 atom stereocenters. The average Bonchev–Trinajstić information content (AvgIpc) is 3.07. The number of nitrogens with one attached hydrogen (secondary N) is 1. The lowest BCUT2D eigenvalue weighted by Gasteiger charge is -2.10. The summed E-state index contributed by atoms with van der Waals surface area (Å²) in [5.74, 6) is -0.507. The van der Waals surface area contributed by atoms with Gasteiger partial charge < -0.3 is 4.74 Å². The summed E-state index contributed by atoms with van der Waals surface area (Å²) in [6, 6.07) is 13.8. The molecule has 0 heterocycles. The van der Waals surface area contributed by atoms with Crippen LogP contribution in [0.4, 0.5) is 0 Å². The number of aryl methyl sites for hydroxylation is 2. The summed E-state index contributed by atoms with van der Waals surface area (Å²) in [6.45, 7) is -0.370. The van der Waals surface area contributed by atoms with Crippen molar-refractivity contribution in [3.8, 4) is 11.8 Å². The van der Waals surface area contributed by atoms with Gasteiger partial charge in [0.2, 0.25) is 10.0 Å². The van der Waals surface area contributed by atoms with E-state index in [-0.39, 0.29) is 12.4 Å². The summed E-state index contributed by atoms with van der Waals surface area (Å²) < 4.78 is 31.6. The van der Waals surface area contributed by atoms with Gasteiger partial charge in [-0.25, -0.2) is 13.1 Å². The van der Waals surface area contributed by atoms with Gasteiger partial charge in [0.05, 0.1) is 17.4 Å². The van der Waals surface area contributed by atoms with Crippen LogP contribution in [0.3, 0.4) is 0 Å². The summed E-state index contributed by atoms with van der Waals surface area (Å²) in [5, 5.41) is 8.75. The maximum absolute atomic E-state index is 12.1. The van der Waals surface area contributed by atoms with Gasteiger partial charge in [0.25, 0.3) is 5.91 Å². The van der Waals surface area contributed by atoms with Crippen molar-refractivity contribution in [2.24, 2.45) is 0 Å². The molecule has 0 aromatic heterocycles. The fraction of sp³-hybridized carbons (Fsp3) is 0.263. The van der Waals surface area contributed by atoms with Crippen molar-refractivity contribution in [1.82, 2.24) is 4.72 Å². The van der Waals surface area contributed by atoms with Crippen LogP contribution in [-0.4, -0.2) is 20.9 Å². The Morgan fingerprint density at radius 2 is 1.85 bits per heavy atom. The van der Waals surface area contributed by atoms with Crippen LogP contribution in [0, 0.1) is 11.3 Å². The third-order valence-electron chi connectivity index (χ3n) is 4.15. The van der Waals surface area contributed by atoms with Gasteiger partial charge in [-0.15, -0.1) is 0 Å². The van der Waals surface area contributed by atoms with E-state index in [2.05, 4.69) is 0 Å². The number of rotatable bonds is 6. The number of hydrogen-bond acceptors (Lipinski definition) is 5. The van der Waals surface area contributed by atoms with Crippen molar-refractivity contribution in [1.29, 1.82) is 5.26 Å². The number of nitriles is 1. The van der Waals surface area contributed by atoms with Crippen LogP contribution < -0.4 is 9.46 Å². The quantitative estimate of drug-likeness (QED) is 0.840. The monoisotopic (exact) mass is 370 g/mol. The molecule has 0 spiro atoms. The number of benzene rings is 2. The van der Waals surface area contributed by atoms with E-state index in [0.29, 0.717) is 16.9 Å². The molecule has 0 fully saturated rings. The Hall–Kier alpha value is -2.85. The van der Waals surface area contributed by atoms with Crippen molar-refractivity contribution < 1.29 is 17.9 Å². The van der Waals surface area contributed by atoms with Crippen molar-refractivity contribution in [3.63, 3.8) is 0 Å². The lowest BCUT2D eigenvalue weighted by Crippen LogP contribution is -2.35. The SMILES string of the molecule is N#Cc1ccc(CS(=O)(=O)NC(=O)COc2ccc3c(c2)CCC3)cc1. The largest absolute Gasteiger partial charge is 0.484 e. The first-order valence-corrected chi connectivity index (χ1v) is 9.87. The number of sulfonamides is 1. The Labute approximate surface area is 152 Å². The second-order valence-corrected chi connectivity index (χ2v) is 7.89. The van der Waals surface area contributed by atoms with Crippen molar-refractivity contribution in [2.75, 3.05) is 6.61 Å². The Morgan fingerprint density at radius 1 is 1.12 bits per heavy atom. The zero-order valence-electron chi connectivity index (χ0n) is 14.1. The van der Waals surface area contributed by atoms with Gasteiger partial charge in [0.15, 0.2) is 6.61 Å². The summed E-state index contributed by atoms with van der Waals surface area (Å²) in [7, 11) is -3.83.